The number of thiophene rings is 1. The molecule has 1 rings (SSSR count). The molecule has 144 valence electrons. The molecule has 0 saturated carbocycles. The summed E-state index contributed by atoms with van der Waals surface area (Å²) in [6.07, 6.45) is 1.63. The molecule has 0 radical (unpaired) electrons. The van der Waals surface area contributed by atoms with Crippen molar-refractivity contribution in [2.24, 2.45) is 4.99 Å². The Morgan fingerprint density at radius 3 is 2.60 bits per heavy atom. The van der Waals surface area contributed by atoms with Crippen LogP contribution in [0, 0.1) is 0 Å². The van der Waals surface area contributed by atoms with Crippen LogP contribution in [0.3, 0.4) is 0 Å². The molecule has 0 aliphatic carbocycles. The Morgan fingerprint density at radius 2 is 2.04 bits per heavy atom. The van der Waals surface area contributed by atoms with Crippen molar-refractivity contribution >= 4 is 28.9 Å². The normalized spacial score (nSPS) is 14.6. The van der Waals surface area contributed by atoms with E-state index in [0.29, 0.717) is 16.9 Å². The van der Waals surface area contributed by atoms with Gasteiger partial charge < -0.3 is 20.6 Å². The van der Waals surface area contributed by atoms with Crippen LogP contribution < -0.4 is 10.6 Å². The fourth-order valence-corrected chi connectivity index (χ4v) is 3.60. The van der Waals surface area contributed by atoms with E-state index in [1.54, 1.807) is 6.07 Å². The van der Waals surface area contributed by atoms with Gasteiger partial charge in [0.1, 0.15) is 6.10 Å². The molecule has 7 heteroatoms. The Labute approximate surface area is 161 Å². The predicted octanol–water partition coefficient (Wildman–Crippen LogP) is 3.50. The molecule has 0 bridgehead atoms. The van der Waals surface area contributed by atoms with Crippen molar-refractivity contribution < 1.29 is 5.11 Å². The summed E-state index contributed by atoms with van der Waals surface area (Å²) in [7, 11) is 0. The maximum absolute atomic E-state index is 10.2. The van der Waals surface area contributed by atoms with Crippen LogP contribution >= 0.6 is 22.9 Å². The first-order valence-corrected chi connectivity index (χ1v) is 10.4. The van der Waals surface area contributed by atoms with Crippen molar-refractivity contribution in [1.82, 2.24) is 15.5 Å². The van der Waals surface area contributed by atoms with E-state index in [1.807, 2.05) is 13.0 Å². The lowest BCUT2D eigenvalue weighted by atomic mass is 10.2. The first-order chi connectivity index (χ1) is 12.0. The van der Waals surface area contributed by atoms with Crippen LogP contribution in [0.15, 0.2) is 17.1 Å². The topological polar surface area (TPSA) is 59.9 Å². The standard InChI is InChI=1S/C18H33ClN4OS/c1-5-20-18(21-13-15(24)16-10-11-17(19)25-16)22-14(4)9-8-12-23(6-2)7-3/h10-11,14-15,24H,5-9,12-13H2,1-4H3,(H2,20,21,22). The monoisotopic (exact) mass is 388 g/mol. The number of rotatable bonds is 11. The number of hydrogen-bond donors (Lipinski definition) is 3. The molecule has 2 unspecified atom stereocenters. The Balaban J connectivity index is 2.46. The summed E-state index contributed by atoms with van der Waals surface area (Å²) in [5.41, 5.74) is 0. The zero-order chi connectivity index (χ0) is 18.7. The third-order valence-electron chi connectivity index (χ3n) is 4.08. The number of nitrogens with one attached hydrogen (secondary N) is 2. The van der Waals surface area contributed by atoms with Gasteiger partial charge in [-0.15, -0.1) is 11.3 Å². The first-order valence-electron chi connectivity index (χ1n) is 9.20. The van der Waals surface area contributed by atoms with E-state index >= 15 is 0 Å². The highest BCUT2D eigenvalue weighted by Gasteiger charge is 2.11. The molecule has 3 N–H and O–H groups in total. The van der Waals surface area contributed by atoms with E-state index in [-0.39, 0.29) is 0 Å². The average molecular weight is 389 g/mol. The van der Waals surface area contributed by atoms with Crippen molar-refractivity contribution in [3.8, 4) is 0 Å². The second-order valence-electron chi connectivity index (χ2n) is 6.09. The largest absolute Gasteiger partial charge is 0.386 e. The number of nitrogens with zero attached hydrogens (tertiary/aromatic N) is 2. The molecule has 1 aromatic rings. The molecule has 0 aliphatic rings. The van der Waals surface area contributed by atoms with Crippen LogP contribution in [0.2, 0.25) is 4.34 Å². The molecular weight excluding hydrogens is 356 g/mol. The van der Waals surface area contributed by atoms with Gasteiger partial charge in [-0.1, -0.05) is 25.4 Å². The molecule has 0 saturated heterocycles. The van der Waals surface area contributed by atoms with Gasteiger partial charge in [-0.25, -0.2) is 0 Å². The van der Waals surface area contributed by atoms with E-state index in [1.165, 1.54) is 11.3 Å². The summed E-state index contributed by atoms with van der Waals surface area (Å²) in [6, 6.07) is 3.99. The Bertz CT molecular complexity index is 505. The molecular formula is C18H33ClN4OS. The van der Waals surface area contributed by atoms with Crippen molar-refractivity contribution in [1.29, 1.82) is 0 Å². The van der Waals surface area contributed by atoms with Gasteiger partial charge in [-0.3, -0.25) is 4.99 Å². The van der Waals surface area contributed by atoms with Crippen molar-refractivity contribution in [3.05, 3.63) is 21.3 Å². The SMILES string of the molecule is CCNC(=NCC(O)c1ccc(Cl)s1)NC(C)CCCN(CC)CC. The summed E-state index contributed by atoms with van der Waals surface area (Å²) in [4.78, 5) is 7.80. The lowest BCUT2D eigenvalue weighted by Gasteiger charge is -2.21. The van der Waals surface area contributed by atoms with Gasteiger partial charge in [0.2, 0.25) is 0 Å². The van der Waals surface area contributed by atoms with Gasteiger partial charge in [0, 0.05) is 17.5 Å². The molecule has 5 nitrogen and oxygen atoms in total. The van der Waals surface area contributed by atoms with E-state index in [4.69, 9.17) is 11.6 Å². The van der Waals surface area contributed by atoms with Crippen LogP contribution in [0.1, 0.15) is 51.5 Å². The number of aliphatic imine (C=N–C) groups is 1. The van der Waals surface area contributed by atoms with E-state index in [9.17, 15) is 5.11 Å². The zero-order valence-electron chi connectivity index (χ0n) is 15.9. The lowest BCUT2D eigenvalue weighted by molar-refractivity contribution is 0.191. The smallest absolute Gasteiger partial charge is 0.191 e. The van der Waals surface area contributed by atoms with Gasteiger partial charge in [0.15, 0.2) is 5.96 Å². The zero-order valence-corrected chi connectivity index (χ0v) is 17.5. The Kier molecular flexibility index (Phi) is 11.1. The highest BCUT2D eigenvalue weighted by atomic mass is 35.5. The molecule has 0 aromatic carbocycles. The van der Waals surface area contributed by atoms with Crippen molar-refractivity contribution in [2.75, 3.05) is 32.7 Å². The minimum atomic E-state index is -0.620. The molecule has 1 aromatic heterocycles. The molecule has 0 spiro atoms. The van der Waals surface area contributed by atoms with Crippen LogP contribution in [0.5, 0.6) is 0 Å². The summed E-state index contributed by atoms with van der Waals surface area (Å²) < 4.78 is 0.685. The predicted molar refractivity (Wildman–Crippen MR) is 110 cm³/mol. The molecule has 2 atom stereocenters. The average Bonchev–Trinajstić information content (AvgIpc) is 3.03. The Morgan fingerprint density at radius 1 is 1.32 bits per heavy atom. The second-order valence-corrected chi connectivity index (χ2v) is 7.84. The van der Waals surface area contributed by atoms with Gasteiger partial charge in [0.05, 0.1) is 10.9 Å². The molecule has 0 amide bonds. The van der Waals surface area contributed by atoms with Gasteiger partial charge in [0.25, 0.3) is 0 Å². The molecule has 0 aliphatic heterocycles. The van der Waals surface area contributed by atoms with E-state index in [0.717, 1.165) is 49.9 Å². The second kappa shape index (κ2) is 12.5. The van der Waals surface area contributed by atoms with Crippen molar-refractivity contribution in [2.45, 2.75) is 52.7 Å². The third-order valence-corrected chi connectivity index (χ3v) is 5.41. The number of halogens is 1. The summed E-state index contributed by atoms with van der Waals surface area (Å²) in [6.45, 7) is 13.1. The van der Waals surface area contributed by atoms with Crippen LogP contribution in [-0.4, -0.2) is 54.7 Å². The minimum Gasteiger partial charge on any atom is -0.386 e. The van der Waals surface area contributed by atoms with E-state index < -0.39 is 6.10 Å². The number of hydrogen-bond acceptors (Lipinski definition) is 4. The molecule has 0 fully saturated rings. The van der Waals surface area contributed by atoms with Crippen LogP contribution in [-0.2, 0) is 0 Å². The summed E-state index contributed by atoms with van der Waals surface area (Å²) in [5.74, 6) is 0.750. The van der Waals surface area contributed by atoms with Gasteiger partial charge >= 0.3 is 0 Å². The van der Waals surface area contributed by atoms with Crippen LogP contribution in [0.25, 0.3) is 0 Å². The fourth-order valence-electron chi connectivity index (χ4n) is 2.56. The molecule has 25 heavy (non-hydrogen) atoms. The van der Waals surface area contributed by atoms with Gasteiger partial charge in [-0.05, 0) is 58.5 Å². The maximum atomic E-state index is 10.2. The quantitative estimate of drug-likeness (QED) is 0.401. The number of guanidine groups is 1. The highest BCUT2D eigenvalue weighted by molar-refractivity contribution is 7.16. The fraction of sp³-hybridized carbons (Fsp3) is 0.722. The number of aliphatic hydroxyl groups is 1. The van der Waals surface area contributed by atoms with Gasteiger partial charge in [-0.2, -0.15) is 0 Å². The Hall–Kier alpha value is -0.820. The summed E-state index contributed by atoms with van der Waals surface area (Å²) in [5, 5.41) is 16.9. The van der Waals surface area contributed by atoms with Crippen molar-refractivity contribution in [3.63, 3.8) is 0 Å². The first kappa shape index (κ1) is 22.2. The summed E-state index contributed by atoms with van der Waals surface area (Å²) >= 11 is 7.31. The lowest BCUT2D eigenvalue weighted by Crippen LogP contribution is -2.42. The van der Waals surface area contributed by atoms with Crippen LogP contribution in [0.4, 0.5) is 0 Å². The number of aliphatic hydroxyl groups excluding tert-OH is 1. The highest BCUT2D eigenvalue weighted by Crippen LogP contribution is 2.26. The van der Waals surface area contributed by atoms with E-state index in [2.05, 4.69) is 41.3 Å². The molecule has 1 heterocycles. The maximum Gasteiger partial charge on any atom is 0.191 e. The third kappa shape index (κ3) is 8.90. The minimum absolute atomic E-state index is 0.318.